The molecular weight excluding hydrogens is 306 g/mol. The van der Waals surface area contributed by atoms with Gasteiger partial charge in [-0.2, -0.15) is 0 Å². The predicted octanol–water partition coefficient (Wildman–Crippen LogP) is 5.56. The van der Waals surface area contributed by atoms with E-state index in [-0.39, 0.29) is 12.0 Å². The van der Waals surface area contributed by atoms with E-state index < -0.39 is 0 Å². The van der Waals surface area contributed by atoms with E-state index in [9.17, 15) is 4.79 Å². The molecule has 1 saturated carbocycles. The van der Waals surface area contributed by atoms with Gasteiger partial charge in [0.2, 0.25) is 0 Å². The first-order chi connectivity index (χ1) is 11.1. The Balaban J connectivity index is 1.92. The lowest BCUT2D eigenvalue weighted by Gasteiger charge is -2.31. The van der Waals surface area contributed by atoms with Crippen LogP contribution in [0.15, 0.2) is 48.5 Å². The lowest BCUT2D eigenvalue weighted by molar-refractivity contribution is -0.125. The predicted molar refractivity (Wildman–Crippen MR) is 96.0 cm³/mol. The minimum absolute atomic E-state index is 0.0171. The van der Waals surface area contributed by atoms with Gasteiger partial charge < -0.3 is 5.32 Å². The van der Waals surface area contributed by atoms with Crippen LogP contribution in [0.2, 0.25) is 5.02 Å². The molecule has 0 heterocycles. The number of halogens is 1. The molecule has 0 spiro atoms. The van der Waals surface area contributed by atoms with Crippen LogP contribution in [0.25, 0.3) is 0 Å². The second kappa shape index (κ2) is 7.18. The van der Waals surface area contributed by atoms with Crippen LogP contribution in [-0.4, -0.2) is 5.78 Å². The molecule has 2 unspecified atom stereocenters. The Morgan fingerprint density at radius 2 is 1.91 bits per heavy atom. The molecule has 0 bridgehead atoms. The van der Waals surface area contributed by atoms with Crippen molar-refractivity contribution in [1.29, 1.82) is 0 Å². The summed E-state index contributed by atoms with van der Waals surface area (Å²) >= 11 is 6.18. The van der Waals surface area contributed by atoms with Crippen LogP contribution >= 0.6 is 11.6 Å². The number of carbonyl (C=O) groups is 1. The molecule has 2 atom stereocenters. The third kappa shape index (κ3) is 3.94. The Bertz CT molecular complexity index is 680. The molecule has 0 radical (unpaired) electrons. The topological polar surface area (TPSA) is 29.1 Å². The quantitative estimate of drug-likeness (QED) is 0.796. The van der Waals surface area contributed by atoms with E-state index in [0.29, 0.717) is 17.2 Å². The lowest BCUT2D eigenvalue weighted by atomic mass is 9.80. The summed E-state index contributed by atoms with van der Waals surface area (Å²) in [5, 5.41) is 4.28. The number of nitrogens with one attached hydrogen (secondary N) is 1. The summed E-state index contributed by atoms with van der Waals surface area (Å²) in [7, 11) is 0. The fourth-order valence-electron chi connectivity index (χ4n) is 3.31. The molecule has 23 heavy (non-hydrogen) atoms. The molecule has 2 aromatic rings. The van der Waals surface area contributed by atoms with Crippen LogP contribution in [-0.2, 0) is 4.79 Å². The van der Waals surface area contributed by atoms with Crippen LogP contribution in [0.5, 0.6) is 0 Å². The number of hydrogen-bond donors (Lipinski definition) is 1. The molecule has 120 valence electrons. The highest BCUT2D eigenvalue weighted by Gasteiger charge is 2.31. The number of Topliss-reactive ketones (excluding diaryl/α,β-unsaturated/α-hetero) is 1. The van der Waals surface area contributed by atoms with Gasteiger partial charge >= 0.3 is 0 Å². The van der Waals surface area contributed by atoms with Crippen LogP contribution in [0.1, 0.15) is 42.9 Å². The standard InChI is InChI=1S/C20H22ClNO/c1-14-9-11-17(12-10-14)22-20(15-5-4-6-16(21)13-15)18-7-2-3-8-19(18)23/h4-6,9-13,18,20,22H,2-3,7-8H2,1H3. The lowest BCUT2D eigenvalue weighted by Crippen LogP contribution is -2.30. The van der Waals surface area contributed by atoms with Gasteiger partial charge in [-0.15, -0.1) is 0 Å². The van der Waals surface area contributed by atoms with Crippen molar-refractivity contribution in [3.05, 3.63) is 64.7 Å². The number of hydrogen-bond acceptors (Lipinski definition) is 2. The maximum atomic E-state index is 12.5. The number of ketones is 1. The van der Waals surface area contributed by atoms with Crippen LogP contribution in [0.3, 0.4) is 0 Å². The van der Waals surface area contributed by atoms with Crippen molar-refractivity contribution in [2.45, 2.75) is 38.6 Å². The second-order valence-corrected chi connectivity index (χ2v) is 6.80. The minimum atomic E-state index is -0.0239. The highest BCUT2D eigenvalue weighted by atomic mass is 35.5. The Hall–Kier alpha value is -1.80. The molecule has 1 fully saturated rings. The van der Waals surface area contributed by atoms with Gasteiger partial charge in [-0.1, -0.05) is 47.9 Å². The van der Waals surface area contributed by atoms with Crippen molar-refractivity contribution in [3.8, 4) is 0 Å². The summed E-state index contributed by atoms with van der Waals surface area (Å²) < 4.78 is 0. The highest BCUT2D eigenvalue weighted by molar-refractivity contribution is 6.30. The first-order valence-electron chi connectivity index (χ1n) is 8.25. The first kappa shape index (κ1) is 16.1. The van der Waals surface area contributed by atoms with E-state index in [1.54, 1.807) is 0 Å². The molecule has 3 rings (SSSR count). The number of anilines is 1. The zero-order chi connectivity index (χ0) is 16.2. The zero-order valence-electron chi connectivity index (χ0n) is 13.4. The molecule has 1 aliphatic rings. The summed E-state index contributed by atoms with van der Waals surface area (Å²) in [6, 6.07) is 16.1. The fraction of sp³-hybridized carbons (Fsp3) is 0.350. The van der Waals surface area contributed by atoms with Gasteiger partial charge in [0.05, 0.1) is 6.04 Å². The summed E-state index contributed by atoms with van der Waals surface area (Å²) in [5.74, 6) is 0.379. The molecule has 0 saturated heterocycles. The Labute approximate surface area is 142 Å². The molecule has 0 aromatic heterocycles. The van der Waals surface area contributed by atoms with E-state index in [1.165, 1.54) is 5.56 Å². The SMILES string of the molecule is Cc1ccc(NC(c2cccc(Cl)c2)C2CCCCC2=O)cc1. The maximum Gasteiger partial charge on any atom is 0.138 e. The van der Waals surface area contributed by atoms with Crippen molar-refractivity contribution < 1.29 is 4.79 Å². The second-order valence-electron chi connectivity index (χ2n) is 6.36. The molecule has 2 nitrogen and oxygen atoms in total. The molecule has 0 aliphatic heterocycles. The first-order valence-corrected chi connectivity index (χ1v) is 8.62. The van der Waals surface area contributed by atoms with E-state index in [2.05, 4.69) is 42.6 Å². The number of aryl methyl sites for hydroxylation is 1. The zero-order valence-corrected chi connectivity index (χ0v) is 14.1. The largest absolute Gasteiger partial charge is 0.378 e. The van der Waals surface area contributed by atoms with E-state index >= 15 is 0 Å². The molecular formula is C20H22ClNO. The monoisotopic (exact) mass is 327 g/mol. The number of carbonyl (C=O) groups excluding carboxylic acids is 1. The van der Waals surface area contributed by atoms with Gasteiger partial charge in [0.25, 0.3) is 0 Å². The van der Waals surface area contributed by atoms with Crippen molar-refractivity contribution in [1.82, 2.24) is 0 Å². The van der Waals surface area contributed by atoms with Gasteiger partial charge in [-0.25, -0.2) is 0 Å². The van der Waals surface area contributed by atoms with Crippen LogP contribution in [0, 0.1) is 12.8 Å². The van der Waals surface area contributed by atoms with E-state index in [4.69, 9.17) is 11.6 Å². The Morgan fingerprint density at radius 3 is 2.61 bits per heavy atom. The van der Waals surface area contributed by atoms with Gasteiger partial charge in [-0.3, -0.25) is 4.79 Å². The summed E-state index contributed by atoms with van der Waals surface area (Å²) in [6.45, 7) is 2.07. The summed E-state index contributed by atoms with van der Waals surface area (Å²) in [5.41, 5.74) is 3.35. The third-order valence-electron chi connectivity index (χ3n) is 4.59. The number of benzene rings is 2. The third-order valence-corrected chi connectivity index (χ3v) is 4.82. The van der Waals surface area contributed by atoms with Crippen molar-refractivity contribution in [2.24, 2.45) is 5.92 Å². The Morgan fingerprint density at radius 1 is 1.13 bits per heavy atom. The van der Waals surface area contributed by atoms with Crippen molar-refractivity contribution in [2.75, 3.05) is 5.32 Å². The van der Waals surface area contributed by atoms with Crippen molar-refractivity contribution >= 4 is 23.1 Å². The Kier molecular flexibility index (Phi) is 5.02. The molecule has 2 aromatic carbocycles. The summed E-state index contributed by atoms with van der Waals surface area (Å²) in [4.78, 5) is 12.5. The summed E-state index contributed by atoms with van der Waals surface area (Å²) in [6.07, 6.45) is 3.76. The van der Waals surface area contributed by atoms with Gasteiger partial charge in [-0.05, 0) is 49.6 Å². The maximum absolute atomic E-state index is 12.5. The van der Waals surface area contributed by atoms with Crippen LogP contribution in [0.4, 0.5) is 5.69 Å². The highest BCUT2D eigenvalue weighted by Crippen LogP contribution is 2.35. The van der Waals surface area contributed by atoms with Gasteiger partial charge in [0, 0.05) is 23.0 Å². The molecule has 3 heteroatoms. The van der Waals surface area contributed by atoms with Crippen LogP contribution < -0.4 is 5.32 Å². The molecule has 1 aliphatic carbocycles. The normalized spacial score (nSPS) is 19.4. The fourth-order valence-corrected chi connectivity index (χ4v) is 3.51. The average molecular weight is 328 g/mol. The molecule has 0 amide bonds. The van der Waals surface area contributed by atoms with Gasteiger partial charge in [0.1, 0.15) is 5.78 Å². The minimum Gasteiger partial charge on any atom is -0.378 e. The van der Waals surface area contributed by atoms with Gasteiger partial charge in [0.15, 0.2) is 0 Å². The van der Waals surface area contributed by atoms with E-state index in [0.717, 1.165) is 30.5 Å². The molecule has 1 N–H and O–H groups in total. The van der Waals surface area contributed by atoms with E-state index in [1.807, 2.05) is 18.2 Å². The smallest absolute Gasteiger partial charge is 0.138 e. The van der Waals surface area contributed by atoms with Crippen molar-refractivity contribution in [3.63, 3.8) is 0 Å². The average Bonchev–Trinajstić information content (AvgIpc) is 2.55. The number of rotatable bonds is 4.